The van der Waals surface area contributed by atoms with Crippen LogP contribution in [-0.2, 0) is 4.79 Å². The molecule has 3 aromatic rings. The standard InChI is InChI=1S/C17H17N3O3S/c1-11-14(9-10-22-11)15-18-19-17(23-15)24-12(2)16(21)20(3)13-7-5-4-6-8-13/h4-10,12H,1-3H3. The number of nitrogens with zero attached hydrogens (tertiary/aromatic N) is 3. The van der Waals surface area contributed by atoms with E-state index in [2.05, 4.69) is 10.2 Å². The summed E-state index contributed by atoms with van der Waals surface area (Å²) in [5.74, 6) is 1.06. The third kappa shape index (κ3) is 3.35. The second kappa shape index (κ2) is 6.92. The minimum Gasteiger partial charge on any atom is -0.469 e. The average molecular weight is 343 g/mol. The number of carbonyl (C=O) groups is 1. The Kier molecular flexibility index (Phi) is 4.71. The molecule has 1 aromatic carbocycles. The molecule has 6 nitrogen and oxygen atoms in total. The van der Waals surface area contributed by atoms with E-state index in [1.807, 2.05) is 44.2 Å². The van der Waals surface area contributed by atoms with Crippen molar-refractivity contribution in [3.63, 3.8) is 0 Å². The summed E-state index contributed by atoms with van der Waals surface area (Å²) in [7, 11) is 1.75. The van der Waals surface area contributed by atoms with Crippen LogP contribution in [0.1, 0.15) is 12.7 Å². The SMILES string of the molecule is Cc1occc1-c1nnc(SC(C)C(=O)N(C)c2ccccc2)o1. The van der Waals surface area contributed by atoms with Crippen LogP contribution in [-0.4, -0.2) is 28.4 Å². The second-order valence-corrected chi connectivity index (χ2v) is 6.55. The van der Waals surface area contributed by atoms with E-state index in [4.69, 9.17) is 8.83 Å². The molecule has 0 spiro atoms. The van der Waals surface area contributed by atoms with E-state index < -0.39 is 0 Å². The number of hydrogen-bond donors (Lipinski definition) is 0. The molecule has 1 amide bonds. The van der Waals surface area contributed by atoms with Crippen molar-refractivity contribution < 1.29 is 13.6 Å². The highest BCUT2D eigenvalue weighted by atomic mass is 32.2. The Balaban J connectivity index is 1.69. The van der Waals surface area contributed by atoms with Crippen LogP contribution >= 0.6 is 11.8 Å². The van der Waals surface area contributed by atoms with E-state index >= 15 is 0 Å². The zero-order chi connectivity index (χ0) is 17.1. The van der Waals surface area contributed by atoms with Crippen molar-refractivity contribution >= 4 is 23.4 Å². The molecule has 2 aromatic heterocycles. The van der Waals surface area contributed by atoms with Gasteiger partial charge in [0.15, 0.2) is 0 Å². The van der Waals surface area contributed by atoms with Crippen LogP contribution < -0.4 is 4.90 Å². The van der Waals surface area contributed by atoms with Gasteiger partial charge in [-0.05, 0) is 32.0 Å². The first kappa shape index (κ1) is 16.3. The number of furan rings is 1. The van der Waals surface area contributed by atoms with Crippen molar-refractivity contribution in [2.75, 3.05) is 11.9 Å². The van der Waals surface area contributed by atoms with Crippen LogP contribution in [0.15, 0.2) is 56.7 Å². The van der Waals surface area contributed by atoms with E-state index in [0.717, 1.165) is 11.3 Å². The molecular weight excluding hydrogens is 326 g/mol. The molecule has 0 aliphatic rings. The van der Waals surface area contributed by atoms with Gasteiger partial charge in [0.05, 0.1) is 17.1 Å². The molecule has 0 saturated carbocycles. The van der Waals surface area contributed by atoms with E-state index in [-0.39, 0.29) is 11.2 Å². The van der Waals surface area contributed by atoms with Crippen molar-refractivity contribution in [2.45, 2.75) is 24.3 Å². The quantitative estimate of drug-likeness (QED) is 0.657. The summed E-state index contributed by atoms with van der Waals surface area (Å²) in [6.45, 7) is 3.65. The fraction of sp³-hybridized carbons (Fsp3) is 0.235. The Morgan fingerprint density at radius 3 is 2.62 bits per heavy atom. The smallest absolute Gasteiger partial charge is 0.277 e. The zero-order valence-electron chi connectivity index (χ0n) is 13.6. The largest absolute Gasteiger partial charge is 0.469 e. The number of benzene rings is 1. The van der Waals surface area contributed by atoms with Crippen molar-refractivity contribution in [2.24, 2.45) is 0 Å². The highest BCUT2D eigenvalue weighted by Gasteiger charge is 2.23. The van der Waals surface area contributed by atoms with E-state index in [1.165, 1.54) is 11.8 Å². The molecule has 1 atom stereocenters. The lowest BCUT2D eigenvalue weighted by atomic mass is 10.3. The number of hydrogen-bond acceptors (Lipinski definition) is 6. The number of aryl methyl sites for hydroxylation is 1. The van der Waals surface area contributed by atoms with Crippen LogP contribution in [0.2, 0.25) is 0 Å². The predicted molar refractivity (Wildman–Crippen MR) is 91.9 cm³/mol. The van der Waals surface area contributed by atoms with Gasteiger partial charge in [-0.15, -0.1) is 10.2 Å². The molecule has 7 heteroatoms. The molecule has 2 heterocycles. The van der Waals surface area contributed by atoms with Gasteiger partial charge < -0.3 is 13.7 Å². The molecule has 0 bridgehead atoms. The van der Waals surface area contributed by atoms with Crippen molar-refractivity contribution in [1.82, 2.24) is 10.2 Å². The van der Waals surface area contributed by atoms with Gasteiger partial charge in [-0.25, -0.2) is 0 Å². The first-order valence-corrected chi connectivity index (χ1v) is 8.31. The van der Waals surface area contributed by atoms with Crippen LogP contribution in [0.4, 0.5) is 5.69 Å². The average Bonchev–Trinajstić information content (AvgIpc) is 3.22. The van der Waals surface area contributed by atoms with Crippen LogP contribution in [0.5, 0.6) is 0 Å². The Hall–Kier alpha value is -2.54. The van der Waals surface area contributed by atoms with Crippen molar-refractivity contribution in [3.8, 4) is 11.5 Å². The lowest BCUT2D eigenvalue weighted by Crippen LogP contribution is -2.33. The minimum atomic E-state index is -0.353. The maximum absolute atomic E-state index is 12.5. The summed E-state index contributed by atoms with van der Waals surface area (Å²) >= 11 is 1.24. The monoisotopic (exact) mass is 343 g/mol. The highest BCUT2D eigenvalue weighted by molar-refractivity contribution is 8.00. The Morgan fingerprint density at radius 2 is 1.96 bits per heavy atom. The number of anilines is 1. The summed E-state index contributed by atoms with van der Waals surface area (Å²) in [4.78, 5) is 14.2. The fourth-order valence-electron chi connectivity index (χ4n) is 2.23. The number of thioether (sulfide) groups is 1. The number of rotatable bonds is 5. The highest BCUT2D eigenvalue weighted by Crippen LogP contribution is 2.29. The number of para-hydroxylation sites is 1. The molecule has 0 aliphatic heterocycles. The van der Waals surface area contributed by atoms with Gasteiger partial charge in [0.25, 0.3) is 11.1 Å². The van der Waals surface area contributed by atoms with Crippen LogP contribution in [0.3, 0.4) is 0 Å². The molecule has 1 unspecified atom stereocenters. The first-order valence-electron chi connectivity index (χ1n) is 7.43. The van der Waals surface area contributed by atoms with E-state index in [1.54, 1.807) is 24.3 Å². The van der Waals surface area contributed by atoms with Gasteiger partial charge in [0, 0.05) is 12.7 Å². The van der Waals surface area contributed by atoms with Gasteiger partial charge in [0.2, 0.25) is 5.91 Å². The Bertz CT molecular complexity index is 828. The van der Waals surface area contributed by atoms with Gasteiger partial charge in [-0.3, -0.25) is 4.79 Å². The van der Waals surface area contributed by atoms with E-state index in [0.29, 0.717) is 16.9 Å². The third-order valence-electron chi connectivity index (χ3n) is 3.60. The van der Waals surface area contributed by atoms with Gasteiger partial charge in [-0.2, -0.15) is 0 Å². The topological polar surface area (TPSA) is 72.4 Å². The minimum absolute atomic E-state index is 0.0366. The molecule has 3 rings (SSSR count). The molecule has 0 fully saturated rings. The summed E-state index contributed by atoms with van der Waals surface area (Å²) in [5.41, 5.74) is 1.60. The first-order chi connectivity index (χ1) is 11.6. The molecule has 0 N–H and O–H groups in total. The Morgan fingerprint density at radius 1 is 1.21 bits per heavy atom. The fourth-order valence-corrected chi connectivity index (χ4v) is 3.00. The predicted octanol–water partition coefficient (Wildman–Crippen LogP) is 3.78. The lowest BCUT2D eigenvalue weighted by Gasteiger charge is -2.20. The maximum Gasteiger partial charge on any atom is 0.277 e. The number of carbonyl (C=O) groups excluding carboxylic acids is 1. The Labute approximate surface area is 143 Å². The van der Waals surface area contributed by atoms with Crippen LogP contribution in [0.25, 0.3) is 11.5 Å². The van der Waals surface area contributed by atoms with E-state index in [9.17, 15) is 4.79 Å². The third-order valence-corrected chi connectivity index (χ3v) is 4.52. The number of aromatic nitrogens is 2. The summed E-state index contributed by atoms with van der Waals surface area (Å²) < 4.78 is 10.9. The molecule has 0 radical (unpaired) electrons. The van der Waals surface area contributed by atoms with Gasteiger partial charge in [0.1, 0.15) is 5.76 Å². The lowest BCUT2D eigenvalue weighted by molar-refractivity contribution is -0.117. The molecule has 0 aliphatic carbocycles. The van der Waals surface area contributed by atoms with Crippen LogP contribution in [0, 0.1) is 6.92 Å². The van der Waals surface area contributed by atoms with Gasteiger partial charge in [-0.1, -0.05) is 30.0 Å². The maximum atomic E-state index is 12.5. The summed E-state index contributed by atoms with van der Waals surface area (Å²) in [6, 6.07) is 11.3. The van der Waals surface area contributed by atoms with Crippen molar-refractivity contribution in [1.29, 1.82) is 0 Å². The molecule has 0 saturated heterocycles. The molecule has 124 valence electrons. The summed E-state index contributed by atoms with van der Waals surface area (Å²) in [6.07, 6.45) is 1.57. The van der Waals surface area contributed by atoms with Gasteiger partial charge >= 0.3 is 0 Å². The molecule has 24 heavy (non-hydrogen) atoms. The normalized spacial score (nSPS) is 12.1. The zero-order valence-corrected chi connectivity index (χ0v) is 14.4. The van der Waals surface area contributed by atoms with Crippen molar-refractivity contribution in [3.05, 3.63) is 48.4 Å². The molecular formula is C17H17N3O3S. The number of amides is 1. The second-order valence-electron chi connectivity index (χ2n) is 5.26. The summed E-state index contributed by atoms with van der Waals surface area (Å²) in [5, 5.41) is 8.02.